The van der Waals surface area contributed by atoms with E-state index in [0.29, 0.717) is 11.3 Å². The molecule has 2 rings (SSSR count). The van der Waals surface area contributed by atoms with Gasteiger partial charge in [0.25, 0.3) is 10.0 Å². The average molecular weight is 306 g/mol. The molecule has 0 aliphatic rings. The zero-order valence-electron chi connectivity index (χ0n) is 10.6. The van der Waals surface area contributed by atoms with Crippen molar-refractivity contribution in [3.8, 4) is 6.07 Å². The van der Waals surface area contributed by atoms with E-state index in [2.05, 4.69) is 9.82 Å². The maximum Gasteiger partial charge on any atom is 0.325 e. The normalized spacial score (nSPS) is 10.8. The first-order valence-corrected chi connectivity index (χ1v) is 7.16. The number of carboxylic acid groups (broad SMARTS) is 1. The number of nitrogens with zero attached hydrogens (tertiary/aromatic N) is 3. The average Bonchev–Trinajstić information content (AvgIpc) is 2.88. The van der Waals surface area contributed by atoms with E-state index in [4.69, 9.17) is 10.4 Å². The van der Waals surface area contributed by atoms with Gasteiger partial charge in [-0.15, -0.1) is 0 Å². The predicted molar refractivity (Wildman–Crippen MR) is 71.8 cm³/mol. The first kappa shape index (κ1) is 14.5. The number of hydrogen-bond acceptors (Lipinski definition) is 5. The number of hydrogen-bond donors (Lipinski definition) is 2. The number of nitriles is 1. The Morgan fingerprint density at radius 3 is 2.62 bits per heavy atom. The number of anilines is 1. The molecule has 0 saturated carbocycles. The van der Waals surface area contributed by atoms with Gasteiger partial charge >= 0.3 is 5.97 Å². The van der Waals surface area contributed by atoms with Gasteiger partial charge in [-0.25, -0.2) is 8.42 Å². The lowest BCUT2D eigenvalue weighted by molar-refractivity contribution is -0.137. The van der Waals surface area contributed by atoms with Crippen LogP contribution in [0.3, 0.4) is 0 Å². The number of nitrogens with one attached hydrogen (secondary N) is 1. The molecular weight excluding hydrogens is 296 g/mol. The van der Waals surface area contributed by atoms with E-state index in [0.717, 1.165) is 17.1 Å². The molecule has 0 aliphatic carbocycles. The van der Waals surface area contributed by atoms with Crippen LogP contribution >= 0.6 is 0 Å². The fraction of sp³-hybridized carbons (Fsp3) is 0.0833. The van der Waals surface area contributed by atoms with Crippen LogP contribution in [0.15, 0.2) is 41.6 Å². The minimum atomic E-state index is -3.86. The third kappa shape index (κ3) is 3.58. The summed E-state index contributed by atoms with van der Waals surface area (Å²) in [5.41, 5.74) is 0.701. The third-order valence-corrected chi connectivity index (χ3v) is 3.82. The van der Waals surface area contributed by atoms with Crippen molar-refractivity contribution in [1.82, 2.24) is 9.78 Å². The highest BCUT2D eigenvalue weighted by Gasteiger charge is 2.17. The second kappa shape index (κ2) is 5.64. The topological polar surface area (TPSA) is 125 Å². The van der Waals surface area contributed by atoms with Gasteiger partial charge < -0.3 is 5.11 Å². The van der Waals surface area contributed by atoms with Gasteiger partial charge in [-0.2, -0.15) is 10.4 Å². The summed E-state index contributed by atoms with van der Waals surface area (Å²) in [5.74, 6) is -1.12. The van der Waals surface area contributed by atoms with Crippen LogP contribution in [0.25, 0.3) is 0 Å². The predicted octanol–water partition coefficient (Wildman–Crippen LogP) is 0.640. The molecule has 2 aromatic rings. The number of aliphatic carboxylic acids is 1. The van der Waals surface area contributed by atoms with E-state index in [-0.39, 0.29) is 4.90 Å². The standard InChI is InChI=1S/C12H10N4O4S/c13-5-9-1-3-10(4-2-9)15-21(19,20)11-6-14-16(7-11)8-12(17)18/h1-4,6-7,15H,8H2,(H,17,18). The summed E-state index contributed by atoms with van der Waals surface area (Å²) < 4.78 is 27.5. The largest absolute Gasteiger partial charge is 0.480 e. The van der Waals surface area contributed by atoms with Crippen molar-refractivity contribution >= 4 is 21.7 Å². The van der Waals surface area contributed by atoms with Crippen LogP contribution in [0, 0.1) is 11.3 Å². The molecule has 0 fully saturated rings. The third-order valence-electron chi connectivity index (χ3n) is 2.48. The van der Waals surface area contributed by atoms with Crippen LogP contribution < -0.4 is 4.72 Å². The molecule has 8 nitrogen and oxygen atoms in total. The lowest BCUT2D eigenvalue weighted by Crippen LogP contribution is -2.13. The summed E-state index contributed by atoms with van der Waals surface area (Å²) in [5, 5.41) is 20.9. The summed E-state index contributed by atoms with van der Waals surface area (Å²) in [6.07, 6.45) is 2.19. The first-order valence-electron chi connectivity index (χ1n) is 5.68. The molecule has 108 valence electrons. The van der Waals surface area contributed by atoms with Crippen molar-refractivity contribution in [3.63, 3.8) is 0 Å². The van der Waals surface area contributed by atoms with Crippen molar-refractivity contribution in [2.75, 3.05) is 4.72 Å². The van der Waals surface area contributed by atoms with Crippen molar-refractivity contribution in [2.45, 2.75) is 11.4 Å². The highest BCUT2D eigenvalue weighted by molar-refractivity contribution is 7.92. The van der Waals surface area contributed by atoms with Gasteiger partial charge in [-0.1, -0.05) is 0 Å². The van der Waals surface area contributed by atoms with Crippen LogP contribution in [0.4, 0.5) is 5.69 Å². The minimum Gasteiger partial charge on any atom is -0.480 e. The SMILES string of the molecule is N#Cc1ccc(NS(=O)(=O)c2cnn(CC(=O)O)c2)cc1. The Hall–Kier alpha value is -2.86. The zero-order chi connectivity index (χ0) is 15.5. The van der Waals surface area contributed by atoms with E-state index in [1.807, 2.05) is 6.07 Å². The molecule has 0 atom stereocenters. The van der Waals surface area contributed by atoms with Gasteiger partial charge in [0.1, 0.15) is 11.4 Å². The van der Waals surface area contributed by atoms with Crippen LogP contribution in [-0.2, 0) is 21.4 Å². The lowest BCUT2D eigenvalue weighted by Gasteiger charge is -2.05. The fourth-order valence-corrected chi connectivity index (χ4v) is 2.55. The monoisotopic (exact) mass is 306 g/mol. The summed E-state index contributed by atoms with van der Waals surface area (Å²) in [6, 6.07) is 7.79. The van der Waals surface area contributed by atoms with Gasteiger partial charge in [-0.3, -0.25) is 14.2 Å². The van der Waals surface area contributed by atoms with E-state index in [9.17, 15) is 13.2 Å². The van der Waals surface area contributed by atoms with Crippen LogP contribution in [0.1, 0.15) is 5.56 Å². The Labute approximate surface area is 120 Å². The van der Waals surface area contributed by atoms with Crippen LogP contribution in [-0.4, -0.2) is 29.3 Å². The number of sulfonamides is 1. The number of carbonyl (C=O) groups is 1. The Morgan fingerprint density at radius 2 is 2.05 bits per heavy atom. The summed E-state index contributed by atoms with van der Waals surface area (Å²) >= 11 is 0. The van der Waals surface area contributed by atoms with E-state index >= 15 is 0 Å². The molecule has 0 bridgehead atoms. The zero-order valence-corrected chi connectivity index (χ0v) is 11.4. The Bertz CT molecular complexity index is 803. The maximum absolute atomic E-state index is 12.1. The molecular formula is C12H10N4O4S. The van der Waals surface area contributed by atoms with Gasteiger partial charge in [0.2, 0.25) is 0 Å². The van der Waals surface area contributed by atoms with Crippen molar-refractivity contribution < 1.29 is 18.3 Å². The molecule has 0 aliphatic heterocycles. The lowest BCUT2D eigenvalue weighted by atomic mass is 10.2. The molecule has 0 spiro atoms. The summed E-state index contributed by atoms with van der Waals surface area (Å²) in [6.45, 7) is -0.424. The molecule has 9 heteroatoms. The smallest absolute Gasteiger partial charge is 0.325 e. The van der Waals surface area contributed by atoms with Crippen molar-refractivity contribution in [1.29, 1.82) is 5.26 Å². The Balaban J connectivity index is 2.19. The quantitative estimate of drug-likeness (QED) is 0.835. The van der Waals surface area contributed by atoms with E-state index in [1.165, 1.54) is 24.3 Å². The maximum atomic E-state index is 12.1. The first-order chi connectivity index (χ1) is 9.90. The number of aromatic nitrogens is 2. The number of benzene rings is 1. The molecule has 1 heterocycles. The Kier molecular flexibility index (Phi) is 3.91. The molecule has 0 amide bonds. The number of rotatable bonds is 5. The van der Waals surface area contributed by atoms with E-state index in [1.54, 1.807) is 0 Å². The molecule has 0 radical (unpaired) electrons. The Morgan fingerprint density at radius 1 is 1.38 bits per heavy atom. The van der Waals surface area contributed by atoms with Crippen molar-refractivity contribution in [2.24, 2.45) is 0 Å². The second-order valence-corrected chi connectivity index (χ2v) is 5.74. The van der Waals surface area contributed by atoms with Gasteiger partial charge in [0, 0.05) is 11.9 Å². The highest BCUT2D eigenvalue weighted by Crippen LogP contribution is 2.16. The van der Waals surface area contributed by atoms with Crippen LogP contribution in [0.5, 0.6) is 0 Å². The molecule has 1 aromatic heterocycles. The summed E-state index contributed by atoms with van der Waals surface area (Å²) in [7, 11) is -3.86. The van der Waals surface area contributed by atoms with Gasteiger partial charge in [0.05, 0.1) is 17.8 Å². The van der Waals surface area contributed by atoms with Gasteiger partial charge in [0.15, 0.2) is 0 Å². The fourth-order valence-electron chi connectivity index (χ4n) is 1.54. The molecule has 1 aromatic carbocycles. The highest BCUT2D eigenvalue weighted by atomic mass is 32.2. The summed E-state index contributed by atoms with van der Waals surface area (Å²) in [4.78, 5) is 10.4. The minimum absolute atomic E-state index is 0.145. The van der Waals surface area contributed by atoms with E-state index < -0.39 is 22.5 Å². The molecule has 21 heavy (non-hydrogen) atoms. The van der Waals surface area contributed by atoms with Crippen LogP contribution in [0.2, 0.25) is 0 Å². The second-order valence-electron chi connectivity index (χ2n) is 4.06. The van der Waals surface area contributed by atoms with Gasteiger partial charge in [-0.05, 0) is 24.3 Å². The number of carboxylic acids is 1. The molecule has 0 saturated heterocycles. The molecule has 0 unspecified atom stereocenters. The van der Waals surface area contributed by atoms with Crippen molar-refractivity contribution in [3.05, 3.63) is 42.2 Å². The molecule has 2 N–H and O–H groups in total.